The van der Waals surface area contributed by atoms with E-state index < -0.39 is 17.7 Å². The van der Waals surface area contributed by atoms with Crippen LogP contribution in [0.1, 0.15) is 36.6 Å². The summed E-state index contributed by atoms with van der Waals surface area (Å²) >= 11 is 0. The number of carbonyl (C=O) groups excluding carboxylic acids is 2. The Labute approximate surface area is 221 Å². The maximum Gasteiger partial charge on any atom is 0.302 e. The molecule has 38 heavy (non-hydrogen) atoms. The standard InChI is InChI=1S/C30H30N4O4/c1-5-33(6-2)21-14-11-19(12-15-21)26-25(27(35)20-13-16-24(38-4)18(3)17-20)28(36)29(37)34(26)30-31-22-9-7-8-10-23(22)32-30/h7-17,26,35H,5-6H2,1-4H3,(H,31,32)/b27-25+. The third-order valence-electron chi connectivity index (χ3n) is 7.06. The van der Waals surface area contributed by atoms with Crippen molar-refractivity contribution in [2.45, 2.75) is 26.8 Å². The first kappa shape index (κ1) is 25.1. The summed E-state index contributed by atoms with van der Waals surface area (Å²) in [5, 5.41) is 11.5. The molecule has 2 heterocycles. The minimum atomic E-state index is -0.872. The Morgan fingerprint density at radius 3 is 2.39 bits per heavy atom. The highest BCUT2D eigenvalue weighted by Crippen LogP contribution is 2.42. The molecule has 194 valence electrons. The highest BCUT2D eigenvalue weighted by molar-refractivity contribution is 6.51. The molecule has 8 heteroatoms. The first-order valence-corrected chi connectivity index (χ1v) is 12.6. The normalized spacial score (nSPS) is 16.8. The first-order valence-electron chi connectivity index (χ1n) is 12.6. The van der Waals surface area contributed by atoms with Gasteiger partial charge in [0.2, 0.25) is 5.95 Å². The van der Waals surface area contributed by atoms with Gasteiger partial charge in [-0.2, -0.15) is 0 Å². The van der Waals surface area contributed by atoms with E-state index in [2.05, 4.69) is 28.7 Å². The number of nitrogens with zero attached hydrogens (tertiary/aromatic N) is 3. The summed E-state index contributed by atoms with van der Waals surface area (Å²) < 4.78 is 5.34. The van der Waals surface area contributed by atoms with Gasteiger partial charge in [0.1, 0.15) is 11.5 Å². The van der Waals surface area contributed by atoms with Crippen LogP contribution in [0.3, 0.4) is 0 Å². The minimum absolute atomic E-state index is 0.00983. The summed E-state index contributed by atoms with van der Waals surface area (Å²) in [6, 6.07) is 19.4. The molecular weight excluding hydrogens is 480 g/mol. The number of carbonyl (C=O) groups is 2. The maximum atomic E-state index is 13.5. The molecule has 0 spiro atoms. The molecule has 0 aliphatic carbocycles. The summed E-state index contributed by atoms with van der Waals surface area (Å²) in [6.07, 6.45) is 0. The van der Waals surface area contributed by atoms with E-state index in [9.17, 15) is 14.7 Å². The number of imidazole rings is 1. The third kappa shape index (κ3) is 4.18. The molecule has 1 aliphatic rings. The molecule has 1 amide bonds. The molecule has 5 rings (SSSR count). The Kier molecular flexibility index (Phi) is 6.63. The zero-order chi connectivity index (χ0) is 27.0. The summed E-state index contributed by atoms with van der Waals surface area (Å²) in [7, 11) is 1.57. The number of aryl methyl sites for hydroxylation is 1. The summed E-state index contributed by atoms with van der Waals surface area (Å²) in [5.74, 6) is -0.864. The van der Waals surface area contributed by atoms with Crippen LogP contribution in [0.2, 0.25) is 0 Å². The Morgan fingerprint density at radius 1 is 1.05 bits per heavy atom. The van der Waals surface area contributed by atoms with Crippen molar-refractivity contribution in [3.63, 3.8) is 0 Å². The van der Waals surface area contributed by atoms with Crippen molar-refractivity contribution in [2.75, 3.05) is 30.0 Å². The second-order valence-corrected chi connectivity index (χ2v) is 9.19. The summed E-state index contributed by atoms with van der Waals surface area (Å²) in [6.45, 7) is 7.73. The van der Waals surface area contributed by atoms with Crippen LogP contribution in [-0.2, 0) is 9.59 Å². The molecule has 0 saturated carbocycles. The molecule has 2 N–H and O–H groups in total. The number of benzene rings is 3. The van der Waals surface area contributed by atoms with Gasteiger partial charge in [-0.15, -0.1) is 0 Å². The molecule has 4 aromatic rings. The molecule has 1 aliphatic heterocycles. The van der Waals surface area contributed by atoms with Crippen molar-refractivity contribution >= 4 is 40.1 Å². The van der Waals surface area contributed by atoms with Crippen LogP contribution in [0.15, 0.2) is 72.3 Å². The number of ether oxygens (including phenoxy) is 1. The Morgan fingerprint density at radius 2 is 1.76 bits per heavy atom. The quantitative estimate of drug-likeness (QED) is 0.198. The van der Waals surface area contributed by atoms with Crippen LogP contribution in [0.4, 0.5) is 11.6 Å². The molecule has 1 fully saturated rings. The lowest BCUT2D eigenvalue weighted by atomic mass is 9.94. The Bertz CT molecular complexity index is 1520. The van der Waals surface area contributed by atoms with E-state index >= 15 is 0 Å². The number of hydrogen-bond acceptors (Lipinski definition) is 6. The van der Waals surface area contributed by atoms with Crippen LogP contribution in [0, 0.1) is 6.92 Å². The number of hydrogen-bond donors (Lipinski definition) is 2. The molecule has 1 unspecified atom stereocenters. The second kappa shape index (κ2) is 10.0. The van der Waals surface area contributed by atoms with Gasteiger partial charge in [-0.25, -0.2) is 4.98 Å². The molecule has 0 radical (unpaired) electrons. The fraction of sp³-hybridized carbons (Fsp3) is 0.233. The predicted octanol–water partition coefficient (Wildman–Crippen LogP) is 5.35. The van der Waals surface area contributed by atoms with Crippen molar-refractivity contribution in [2.24, 2.45) is 0 Å². The molecule has 1 aromatic heterocycles. The lowest BCUT2D eigenvalue weighted by Crippen LogP contribution is -2.30. The van der Waals surface area contributed by atoms with Gasteiger partial charge in [-0.3, -0.25) is 14.5 Å². The number of fused-ring (bicyclic) bond motifs is 1. The number of aromatic nitrogens is 2. The van der Waals surface area contributed by atoms with Gasteiger partial charge >= 0.3 is 5.91 Å². The number of rotatable bonds is 7. The van der Waals surface area contributed by atoms with Gasteiger partial charge in [-0.1, -0.05) is 24.3 Å². The molecular formula is C30H30N4O4. The predicted molar refractivity (Wildman–Crippen MR) is 149 cm³/mol. The van der Waals surface area contributed by atoms with Crippen molar-refractivity contribution in [3.05, 3.63) is 89.0 Å². The van der Waals surface area contributed by atoms with Crippen molar-refractivity contribution in [1.29, 1.82) is 0 Å². The zero-order valence-corrected chi connectivity index (χ0v) is 21.9. The number of amides is 1. The SMILES string of the molecule is CCN(CC)c1ccc(C2/C(=C(\O)c3ccc(OC)c(C)c3)C(=O)C(=O)N2c2nc3ccccc3[nH]2)cc1. The van der Waals surface area contributed by atoms with E-state index in [0.717, 1.165) is 29.9 Å². The lowest BCUT2D eigenvalue weighted by molar-refractivity contribution is -0.132. The van der Waals surface area contributed by atoms with Crippen molar-refractivity contribution in [1.82, 2.24) is 9.97 Å². The number of methoxy groups -OCH3 is 1. The minimum Gasteiger partial charge on any atom is -0.507 e. The second-order valence-electron chi connectivity index (χ2n) is 9.19. The summed E-state index contributed by atoms with van der Waals surface area (Å²) in [4.78, 5) is 38.3. The van der Waals surface area contributed by atoms with Gasteiger partial charge in [0, 0.05) is 24.3 Å². The topological polar surface area (TPSA) is 98.8 Å². The van der Waals surface area contributed by atoms with Crippen LogP contribution < -0.4 is 14.5 Å². The number of nitrogens with one attached hydrogen (secondary N) is 1. The molecule has 0 bridgehead atoms. The van der Waals surface area contributed by atoms with E-state index in [1.807, 2.05) is 55.5 Å². The highest BCUT2D eigenvalue weighted by Gasteiger charge is 2.48. The number of anilines is 2. The van der Waals surface area contributed by atoms with Gasteiger partial charge < -0.3 is 19.7 Å². The van der Waals surface area contributed by atoms with E-state index in [0.29, 0.717) is 22.4 Å². The largest absolute Gasteiger partial charge is 0.507 e. The lowest BCUT2D eigenvalue weighted by Gasteiger charge is -2.25. The van der Waals surface area contributed by atoms with E-state index in [1.165, 1.54) is 4.90 Å². The Hall–Kier alpha value is -4.59. The molecule has 3 aromatic carbocycles. The fourth-order valence-electron chi connectivity index (χ4n) is 5.06. The number of H-pyrrole nitrogens is 1. The maximum absolute atomic E-state index is 13.5. The Balaban J connectivity index is 1.69. The number of aliphatic hydroxyl groups is 1. The van der Waals surface area contributed by atoms with Crippen molar-refractivity contribution < 1.29 is 19.4 Å². The van der Waals surface area contributed by atoms with E-state index in [4.69, 9.17) is 4.74 Å². The average Bonchev–Trinajstić information content (AvgIpc) is 3.47. The number of para-hydroxylation sites is 2. The van der Waals surface area contributed by atoms with E-state index in [1.54, 1.807) is 25.3 Å². The molecule has 1 atom stereocenters. The van der Waals surface area contributed by atoms with Gasteiger partial charge in [0.15, 0.2) is 0 Å². The third-order valence-corrected chi connectivity index (χ3v) is 7.06. The van der Waals surface area contributed by atoms with E-state index in [-0.39, 0.29) is 17.3 Å². The molecule has 8 nitrogen and oxygen atoms in total. The van der Waals surface area contributed by atoms with Gasteiger partial charge in [-0.05, 0) is 74.4 Å². The van der Waals surface area contributed by atoms with Gasteiger partial charge in [0.05, 0.1) is 29.8 Å². The zero-order valence-electron chi connectivity index (χ0n) is 21.9. The number of Topliss-reactive ketones (excluding diaryl/α,β-unsaturated/α-hetero) is 1. The van der Waals surface area contributed by atoms with Crippen molar-refractivity contribution in [3.8, 4) is 5.75 Å². The van der Waals surface area contributed by atoms with Gasteiger partial charge in [0.25, 0.3) is 5.78 Å². The first-order chi connectivity index (χ1) is 18.4. The smallest absolute Gasteiger partial charge is 0.302 e. The molecule has 1 saturated heterocycles. The van der Waals surface area contributed by atoms with Crippen LogP contribution in [0.5, 0.6) is 5.75 Å². The fourth-order valence-corrected chi connectivity index (χ4v) is 5.06. The van der Waals surface area contributed by atoms with Crippen LogP contribution in [-0.4, -0.2) is 47.0 Å². The number of ketones is 1. The summed E-state index contributed by atoms with van der Waals surface area (Å²) in [5.41, 5.74) is 4.36. The van der Waals surface area contributed by atoms with Crippen LogP contribution in [0.25, 0.3) is 16.8 Å². The average molecular weight is 511 g/mol. The number of aliphatic hydroxyl groups excluding tert-OH is 1. The number of aromatic amines is 1. The highest BCUT2D eigenvalue weighted by atomic mass is 16.5. The monoisotopic (exact) mass is 510 g/mol. The van der Waals surface area contributed by atoms with Crippen LogP contribution >= 0.6 is 0 Å².